The lowest BCUT2D eigenvalue weighted by Gasteiger charge is -2.21. The minimum atomic E-state index is 0.481. The number of hydrogen-bond donors (Lipinski definition) is 0. The Kier molecular flexibility index (Phi) is 5.18. The van der Waals surface area contributed by atoms with Crippen LogP contribution in [-0.2, 0) is 0 Å². The van der Waals surface area contributed by atoms with Crippen LogP contribution < -0.4 is 0 Å². The molecule has 0 aromatic rings. The van der Waals surface area contributed by atoms with Gasteiger partial charge in [-0.05, 0) is 31.9 Å². The molecule has 0 amide bonds. The molecule has 0 rings (SSSR count). The van der Waals surface area contributed by atoms with Crippen LogP contribution in [0.15, 0.2) is 4.99 Å². The van der Waals surface area contributed by atoms with Crippen molar-refractivity contribution in [3.05, 3.63) is 0 Å². The summed E-state index contributed by atoms with van der Waals surface area (Å²) < 4.78 is 0. The predicted octanol–water partition coefficient (Wildman–Crippen LogP) is 3.15. The predicted molar refractivity (Wildman–Crippen MR) is 52.2 cm³/mol. The fourth-order valence-corrected chi connectivity index (χ4v) is 1.22. The molecule has 0 aliphatic carbocycles. The van der Waals surface area contributed by atoms with E-state index in [0.717, 1.165) is 5.92 Å². The summed E-state index contributed by atoms with van der Waals surface area (Å²) in [5, 5.41) is 0. The van der Waals surface area contributed by atoms with Gasteiger partial charge in [0.1, 0.15) is 0 Å². The first-order chi connectivity index (χ1) is 5.13. The van der Waals surface area contributed by atoms with Crippen molar-refractivity contribution in [1.29, 1.82) is 0 Å². The molecule has 0 aliphatic rings. The summed E-state index contributed by atoms with van der Waals surface area (Å²) in [7, 11) is 0. The molecule has 1 nitrogen and oxygen atoms in total. The minimum absolute atomic E-state index is 0.481. The van der Waals surface area contributed by atoms with Gasteiger partial charge in [-0.25, -0.2) is 0 Å². The number of aliphatic imine (C=N–C) groups is 1. The Morgan fingerprint density at radius 2 is 1.82 bits per heavy atom. The highest BCUT2D eigenvalue weighted by Gasteiger charge is 2.15. The number of hydrogen-bond acceptors (Lipinski definition) is 1. The summed E-state index contributed by atoms with van der Waals surface area (Å²) in [6, 6.07) is 0.481. The Balaban J connectivity index is 3.90. The third kappa shape index (κ3) is 3.54. The van der Waals surface area contributed by atoms with E-state index in [0.29, 0.717) is 12.0 Å². The number of rotatable bonds is 4. The largest absolute Gasteiger partial charge is 0.295 e. The zero-order valence-electron chi connectivity index (χ0n) is 8.46. The molecule has 0 saturated carbocycles. The summed E-state index contributed by atoms with van der Waals surface area (Å²) in [6.45, 7) is 11.0. The first kappa shape index (κ1) is 10.7. The maximum absolute atomic E-state index is 4.37. The summed E-state index contributed by atoms with van der Waals surface area (Å²) >= 11 is 0. The summed E-state index contributed by atoms with van der Waals surface area (Å²) in [5.41, 5.74) is 0. The second-order valence-corrected chi connectivity index (χ2v) is 3.39. The molecule has 0 fully saturated rings. The van der Waals surface area contributed by atoms with Gasteiger partial charge in [0, 0.05) is 6.04 Å². The van der Waals surface area contributed by atoms with E-state index in [9.17, 15) is 0 Å². The van der Waals surface area contributed by atoms with E-state index in [1.165, 1.54) is 6.42 Å². The molecule has 11 heavy (non-hydrogen) atoms. The topological polar surface area (TPSA) is 12.4 Å². The van der Waals surface area contributed by atoms with Crippen LogP contribution in [0.1, 0.15) is 41.0 Å². The molecule has 0 aromatic heterocycles. The lowest BCUT2D eigenvalue weighted by molar-refractivity contribution is 0.332. The van der Waals surface area contributed by atoms with Crippen molar-refractivity contribution in [2.45, 2.75) is 47.1 Å². The van der Waals surface area contributed by atoms with Gasteiger partial charge < -0.3 is 0 Å². The lowest BCUT2D eigenvalue weighted by Crippen LogP contribution is -2.18. The minimum Gasteiger partial charge on any atom is -0.295 e. The smallest absolute Gasteiger partial charge is 0.0495 e. The van der Waals surface area contributed by atoms with E-state index in [1.54, 1.807) is 0 Å². The van der Waals surface area contributed by atoms with Gasteiger partial charge in [0.05, 0.1) is 0 Å². The number of nitrogens with zero attached hydrogens (tertiary/aromatic N) is 1. The highest BCUT2D eigenvalue weighted by atomic mass is 14.8. The third-order valence-electron chi connectivity index (χ3n) is 2.69. The van der Waals surface area contributed by atoms with Crippen molar-refractivity contribution in [2.24, 2.45) is 16.8 Å². The maximum Gasteiger partial charge on any atom is 0.0495 e. The Morgan fingerprint density at radius 3 is 2.18 bits per heavy atom. The zero-order chi connectivity index (χ0) is 8.85. The van der Waals surface area contributed by atoms with Gasteiger partial charge in [-0.3, -0.25) is 4.99 Å². The van der Waals surface area contributed by atoms with Gasteiger partial charge in [-0.1, -0.05) is 27.2 Å². The summed E-state index contributed by atoms with van der Waals surface area (Å²) in [4.78, 5) is 4.37. The fraction of sp³-hybridized carbons (Fsp3) is 0.900. The highest BCUT2D eigenvalue weighted by molar-refractivity contribution is 5.53. The molecule has 0 aromatic carbocycles. The molecule has 0 bridgehead atoms. The van der Waals surface area contributed by atoms with Crippen LogP contribution in [0.25, 0.3) is 0 Å². The van der Waals surface area contributed by atoms with Gasteiger partial charge in [0.15, 0.2) is 0 Å². The van der Waals surface area contributed by atoms with Crippen LogP contribution in [0.3, 0.4) is 0 Å². The van der Waals surface area contributed by atoms with Crippen molar-refractivity contribution in [3.63, 3.8) is 0 Å². The Morgan fingerprint density at radius 1 is 1.27 bits per heavy atom. The van der Waals surface area contributed by atoms with E-state index >= 15 is 0 Å². The normalized spacial score (nSPS) is 20.1. The lowest BCUT2D eigenvalue weighted by atomic mass is 9.88. The van der Waals surface area contributed by atoms with Crippen molar-refractivity contribution >= 4 is 6.21 Å². The molecule has 0 radical (unpaired) electrons. The standard InChI is InChI=1S/C10H21N/c1-6-8(3)9(4)10(5)11-7-2/h7-10H,6H2,1-5H3. The third-order valence-corrected chi connectivity index (χ3v) is 2.69. The average molecular weight is 155 g/mol. The van der Waals surface area contributed by atoms with Crippen LogP contribution in [0.4, 0.5) is 0 Å². The second-order valence-electron chi connectivity index (χ2n) is 3.39. The molecule has 0 saturated heterocycles. The maximum atomic E-state index is 4.37. The van der Waals surface area contributed by atoms with Crippen LogP contribution in [-0.4, -0.2) is 12.3 Å². The van der Waals surface area contributed by atoms with Crippen molar-refractivity contribution < 1.29 is 0 Å². The van der Waals surface area contributed by atoms with Crippen molar-refractivity contribution in [1.82, 2.24) is 0 Å². The Labute approximate surface area is 70.9 Å². The Bertz CT molecular complexity index is 118. The Hall–Kier alpha value is -0.330. The first-order valence-electron chi connectivity index (χ1n) is 4.61. The molecule has 0 N–H and O–H groups in total. The summed E-state index contributed by atoms with van der Waals surface area (Å²) in [5.74, 6) is 1.49. The van der Waals surface area contributed by atoms with Gasteiger partial charge in [0.25, 0.3) is 0 Å². The van der Waals surface area contributed by atoms with Crippen LogP contribution in [0.5, 0.6) is 0 Å². The van der Waals surface area contributed by atoms with Crippen molar-refractivity contribution in [2.75, 3.05) is 0 Å². The van der Waals surface area contributed by atoms with E-state index in [2.05, 4.69) is 32.7 Å². The van der Waals surface area contributed by atoms with E-state index in [-0.39, 0.29) is 0 Å². The van der Waals surface area contributed by atoms with Crippen LogP contribution in [0, 0.1) is 11.8 Å². The quantitative estimate of drug-likeness (QED) is 0.553. The molecule has 0 spiro atoms. The van der Waals surface area contributed by atoms with E-state index in [1.807, 2.05) is 13.1 Å². The second kappa shape index (κ2) is 5.34. The molecular formula is C10H21N. The van der Waals surface area contributed by atoms with E-state index in [4.69, 9.17) is 0 Å². The van der Waals surface area contributed by atoms with E-state index < -0.39 is 0 Å². The van der Waals surface area contributed by atoms with Gasteiger partial charge in [0.2, 0.25) is 0 Å². The molecule has 0 aliphatic heterocycles. The summed E-state index contributed by atoms with van der Waals surface area (Å²) in [6.07, 6.45) is 3.16. The monoisotopic (exact) mass is 155 g/mol. The molecule has 0 heterocycles. The SMILES string of the molecule is CC=NC(C)C(C)C(C)CC. The highest BCUT2D eigenvalue weighted by Crippen LogP contribution is 2.19. The zero-order valence-corrected chi connectivity index (χ0v) is 8.46. The molecular weight excluding hydrogens is 134 g/mol. The van der Waals surface area contributed by atoms with Crippen LogP contribution >= 0.6 is 0 Å². The van der Waals surface area contributed by atoms with Gasteiger partial charge in [-0.2, -0.15) is 0 Å². The first-order valence-corrected chi connectivity index (χ1v) is 4.61. The molecule has 3 atom stereocenters. The molecule has 1 heteroatoms. The average Bonchev–Trinajstić information content (AvgIpc) is 2.02. The van der Waals surface area contributed by atoms with Crippen molar-refractivity contribution in [3.8, 4) is 0 Å². The van der Waals surface area contributed by atoms with Gasteiger partial charge in [-0.15, -0.1) is 0 Å². The van der Waals surface area contributed by atoms with Gasteiger partial charge >= 0.3 is 0 Å². The molecule has 66 valence electrons. The van der Waals surface area contributed by atoms with Crippen LogP contribution in [0.2, 0.25) is 0 Å². The fourth-order valence-electron chi connectivity index (χ4n) is 1.22. The molecule has 3 unspecified atom stereocenters.